The Bertz CT molecular complexity index is 3520. The number of piperidine rings is 2. The Morgan fingerprint density at radius 1 is 0.575 bits per heavy atom. The number of pyridine rings is 2. The number of fused-ring (bicyclic) bond motifs is 2. The van der Waals surface area contributed by atoms with E-state index in [0.29, 0.717) is 83.0 Å². The van der Waals surface area contributed by atoms with E-state index in [0.717, 1.165) is 57.0 Å². The van der Waals surface area contributed by atoms with Crippen LogP contribution in [0.25, 0.3) is 33.3 Å². The molecule has 6 N–H and O–H groups in total. The van der Waals surface area contributed by atoms with Crippen LogP contribution in [0.2, 0.25) is 0 Å². The first-order chi connectivity index (χ1) is 38.0. The van der Waals surface area contributed by atoms with Gasteiger partial charge in [0.15, 0.2) is 11.3 Å². The lowest BCUT2D eigenvalue weighted by Gasteiger charge is -2.34. The molecule has 0 radical (unpaired) electrons. The van der Waals surface area contributed by atoms with Gasteiger partial charge in [0.1, 0.15) is 56.5 Å². The Kier molecular flexibility index (Phi) is 17.9. The number of nitrogens with two attached hydrogens (primary N) is 2. The maximum atomic E-state index is 12.8. The number of likely N-dealkylation sites (tertiary alicyclic amines) is 2. The first-order valence-electron chi connectivity index (χ1n) is 26.2. The van der Waals surface area contributed by atoms with Gasteiger partial charge in [-0.1, -0.05) is 29.8 Å². The molecule has 2 saturated heterocycles. The first-order valence-corrected chi connectivity index (χ1v) is 27.3. The van der Waals surface area contributed by atoms with Gasteiger partial charge < -0.3 is 41.4 Å². The van der Waals surface area contributed by atoms with E-state index < -0.39 is 11.2 Å². The van der Waals surface area contributed by atoms with Crippen molar-refractivity contribution >= 4 is 91.9 Å². The van der Waals surface area contributed by atoms with Gasteiger partial charge in [-0.05, 0) is 170 Å². The van der Waals surface area contributed by atoms with Crippen LogP contribution in [0.15, 0.2) is 97.8 Å². The molecule has 2 atom stereocenters. The van der Waals surface area contributed by atoms with Crippen molar-refractivity contribution in [3.63, 3.8) is 0 Å². The Balaban J connectivity index is 0.000000174. The van der Waals surface area contributed by atoms with Gasteiger partial charge in [0.2, 0.25) is 0 Å². The molecule has 418 valence electrons. The molecule has 0 aliphatic carbocycles. The highest BCUT2D eigenvalue weighted by atomic mass is 127. The second-order valence-electron chi connectivity index (χ2n) is 21.7. The third-order valence-electron chi connectivity index (χ3n) is 12.8. The van der Waals surface area contributed by atoms with Crippen molar-refractivity contribution in [3.8, 4) is 11.3 Å². The van der Waals surface area contributed by atoms with Crippen molar-refractivity contribution in [2.75, 3.05) is 48.3 Å². The van der Waals surface area contributed by atoms with Gasteiger partial charge in [0, 0.05) is 55.3 Å². The van der Waals surface area contributed by atoms with E-state index in [2.05, 4.69) is 68.2 Å². The number of benzene rings is 2. The summed E-state index contributed by atoms with van der Waals surface area (Å²) in [7, 11) is 0. The van der Waals surface area contributed by atoms with Crippen LogP contribution in [0.4, 0.5) is 32.9 Å². The first kappa shape index (κ1) is 57.8. The number of hydrogen-bond donors (Lipinski definition) is 4. The summed E-state index contributed by atoms with van der Waals surface area (Å²) in [4.78, 5) is 78.5. The highest BCUT2D eigenvalue weighted by molar-refractivity contribution is 14.1. The largest absolute Gasteiger partial charge is 0.444 e. The average molecular weight is 1200 g/mol. The van der Waals surface area contributed by atoms with Crippen LogP contribution in [0.1, 0.15) is 117 Å². The highest BCUT2D eigenvalue weighted by Gasteiger charge is 2.33. The number of anilines is 4. The summed E-state index contributed by atoms with van der Waals surface area (Å²) in [6.45, 7) is 19.4. The summed E-state index contributed by atoms with van der Waals surface area (Å²) in [5, 5.41) is 16.5. The zero-order valence-electron chi connectivity index (χ0n) is 46.4. The normalized spacial score (nSPS) is 15.5. The number of aryl methyl sites for hydroxylation is 3. The zero-order chi connectivity index (χ0) is 57.5. The number of nitrogens with one attached hydrogen (secondary N) is 2. The van der Waals surface area contributed by atoms with Crippen LogP contribution in [-0.2, 0) is 9.47 Å². The number of nitrogen functional groups attached to an aromatic ring is 2. The summed E-state index contributed by atoms with van der Waals surface area (Å²) in [6, 6.07) is 21.9. The minimum atomic E-state index is -0.573. The predicted octanol–water partition coefficient (Wildman–Crippen LogP) is 10.1. The molecule has 2 fully saturated rings. The number of ether oxygens (including phenoxy) is 2. The molecule has 0 saturated carbocycles. The van der Waals surface area contributed by atoms with Gasteiger partial charge in [-0.15, -0.1) is 0 Å². The molecule has 2 aliphatic heterocycles. The Morgan fingerprint density at radius 3 is 1.48 bits per heavy atom. The molecule has 10 rings (SSSR count). The average Bonchev–Trinajstić information content (AvgIpc) is 3.98. The lowest BCUT2D eigenvalue weighted by molar-refractivity contribution is 0.0159. The minimum absolute atomic E-state index is 0.0478. The fourth-order valence-electron chi connectivity index (χ4n) is 9.02. The molecule has 6 aromatic heterocycles. The summed E-state index contributed by atoms with van der Waals surface area (Å²) in [5.41, 5.74) is 18.2. The van der Waals surface area contributed by atoms with E-state index in [9.17, 15) is 19.2 Å². The Labute approximate surface area is 477 Å². The van der Waals surface area contributed by atoms with E-state index in [4.69, 9.17) is 26.0 Å². The van der Waals surface area contributed by atoms with Crippen LogP contribution >= 0.6 is 22.6 Å². The third kappa shape index (κ3) is 14.7. The molecule has 80 heavy (non-hydrogen) atoms. The van der Waals surface area contributed by atoms with Crippen LogP contribution < -0.4 is 22.1 Å². The maximum Gasteiger partial charge on any atom is 0.410 e. The Hall–Kier alpha value is -8.35. The quantitative estimate of drug-likeness (QED) is 0.108. The fraction of sp³-hybridized carbons (Fsp3) is 0.368. The number of halogens is 1. The zero-order valence-corrected chi connectivity index (χ0v) is 48.6. The molecule has 0 spiro atoms. The van der Waals surface area contributed by atoms with Crippen molar-refractivity contribution in [2.24, 2.45) is 0 Å². The molecule has 8 aromatic rings. The number of amides is 4. The summed E-state index contributed by atoms with van der Waals surface area (Å²) < 4.78 is 15.6. The van der Waals surface area contributed by atoms with Gasteiger partial charge in [0.05, 0.1) is 22.9 Å². The smallest absolute Gasteiger partial charge is 0.410 e. The standard InChI is InChI=1S/C28H32N8O3.C15H21IN6O2.C14H14N2O/c1-17-11-12-30-21(14-17)33-26(37)19-9-7-18(8-10-19)23-22-24(29)31-16-32-25(22)36(34-23)20-6-5-13-35(15-20)27(38)39-28(2,3)4;1-15(2,3)24-14(23)21-6-4-5-9(7-21)22-13-10(11(16)20-22)12(17)18-8-19-13;1-10-3-5-12(6-4-10)14(17)16-13-9-11(2)7-8-15-13/h7-12,14,16,20H,5-6,13,15H2,1-4H3,(H2,29,31,32)(H,30,33,37);8-9H,4-7H2,1-3H3,(H2,17,18,19);3-9H,1-2H3,(H,15,16,17)/t20-;9-;/m11./s1. The van der Waals surface area contributed by atoms with E-state index in [-0.39, 0.29) is 36.1 Å². The van der Waals surface area contributed by atoms with Crippen LogP contribution in [0, 0.1) is 24.5 Å². The van der Waals surface area contributed by atoms with Crippen LogP contribution in [0.5, 0.6) is 0 Å². The molecule has 8 heterocycles. The van der Waals surface area contributed by atoms with Crippen molar-refractivity contribution in [2.45, 2.75) is 111 Å². The molecule has 2 aromatic carbocycles. The number of rotatable bonds is 7. The van der Waals surface area contributed by atoms with E-state index in [1.165, 1.54) is 12.7 Å². The monoisotopic (exact) mass is 1200 g/mol. The molecule has 0 unspecified atom stereocenters. The summed E-state index contributed by atoms with van der Waals surface area (Å²) >= 11 is 2.14. The lowest BCUT2D eigenvalue weighted by Crippen LogP contribution is -2.43. The van der Waals surface area contributed by atoms with Gasteiger partial charge in [-0.3, -0.25) is 9.59 Å². The minimum Gasteiger partial charge on any atom is -0.444 e. The molecule has 4 amide bonds. The molecular formula is C57H67IN16O6. The van der Waals surface area contributed by atoms with Crippen molar-refractivity contribution in [3.05, 3.63) is 129 Å². The summed E-state index contributed by atoms with van der Waals surface area (Å²) in [6.07, 6.45) is 9.02. The van der Waals surface area contributed by atoms with Gasteiger partial charge in [0.25, 0.3) is 11.8 Å². The van der Waals surface area contributed by atoms with Crippen molar-refractivity contribution in [1.29, 1.82) is 0 Å². The van der Waals surface area contributed by atoms with Gasteiger partial charge in [-0.2, -0.15) is 10.2 Å². The molecule has 23 heteroatoms. The van der Waals surface area contributed by atoms with Crippen molar-refractivity contribution in [1.82, 2.24) is 59.3 Å². The molecule has 22 nitrogen and oxygen atoms in total. The summed E-state index contributed by atoms with van der Waals surface area (Å²) in [5.74, 6) is 1.41. The highest BCUT2D eigenvalue weighted by Crippen LogP contribution is 2.35. The number of carbonyl (C=O) groups is 4. The fourth-order valence-corrected chi connectivity index (χ4v) is 9.77. The van der Waals surface area contributed by atoms with Crippen molar-refractivity contribution < 1.29 is 28.7 Å². The Morgan fingerprint density at radius 2 is 1.01 bits per heavy atom. The van der Waals surface area contributed by atoms with Crippen LogP contribution in [0.3, 0.4) is 0 Å². The number of nitrogens with zero attached hydrogens (tertiary/aromatic N) is 12. The molecular weight excluding hydrogens is 1130 g/mol. The van der Waals surface area contributed by atoms with Gasteiger partial charge in [-0.25, -0.2) is 48.9 Å². The van der Waals surface area contributed by atoms with Crippen LogP contribution in [-0.4, -0.2) is 121 Å². The molecule has 0 bridgehead atoms. The van der Waals surface area contributed by atoms with E-state index >= 15 is 0 Å². The van der Waals surface area contributed by atoms with Gasteiger partial charge >= 0.3 is 12.2 Å². The van der Waals surface area contributed by atoms with E-state index in [1.54, 1.807) is 46.5 Å². The second kappa shape index (κ2) is 24.8. The molecule has 2 aliphatic rings. The lowest BCUT2D eigenvalue weighted by atomic mass is 10.1. The second-order valence-corrected chi connectivity index (χ2v) is 22.7. The maximum absolute atomic E-state index is 12.8. The number of hydrogen-bond acceptors (Lipinski definition) is 16. The third-order valence-corrected chi connectivity index (χ3v) is 13.6. The number of aromatic nitrogens is 10. The predicted molar refractivity (Wildman–Crippen MR) is 315 cm³/mol. The van der Waals surface area contributed by atoms with E-state index in [1.807, 2.05) is 120 Å². The SMILES string of the molecule is CC(C)(C)OC(=O)N1CCC[C@@H](n2nc(I)c3c(N)ncnc32)C1.Cc1ccc(C(=O)Nc2cc(C)ccn2)cc1.Cc1ccnc(NC(=O)c2ccc(-c3nn([C@@H]4CCCN(C(=O)OC(C)(C)C)C4)c4ncnc(N)c34)cc2)c1. The number of carbonyl (C=O) groups excluding carboxylic acids is 4. The topological polar surface area (TPSA) is 282 Å².